The summed E-state index contributed by atoms with van der Waals surface area (Å²) in [6, 6.07) is 8.00. The second-order valence-corrected chi connectivity index (χ2v) is 5.78. The summed E-state index contributed by atoms with van der Waals surface area (Å²) < 4.78 is 1.73. The van der Waals surface area contributed by atoms with Crippen molar-refractivity contribution in [3.63, 3.8) is 0 Å². The number of nitrogens with one attached hydrogen (secondary N) is 1. The molecule has 1 atom stereocenters. The Balaban J connectivity index is 2.27. The van der Waals surface area contributed by atoms with Crippen molar-refractivity contribution in [2.75, 3.05) is 13.6 Å². The SMILES string of the molecule is CNCC(Cc1c(C)nn(C)c1Cl)c1ccc(Cl)cc1. The van der Waals surface area contributed by atoms with Crippen LogP contribution in [-0.4, -0.2) is 23.4 Å². The van der Waals surface area contributed by atoms with Crippen LogP contribution in [0.3, 0.4) is 0 Å². The Bertz CT molecular complexity index is 576. The Hall–Kier alpha value is -1.03. The molecule has 0 radical (unpaired) electrons. The van der Waals surface area contributed by atoms with Crippen LogP contribution in [0.5, 0.6) is 0 Å². The van der Waals surface area contributed by atoms with Crippen LogP contribution in [0.15, 0.2) is 24.3 Å². The number of aryl methyl sites for hydroxylation is 2. The lowest BCUT2D eigenvalue weighted by atomic mass is 9.92. The van der Waals surface area contributed by atoms with E-state index in [1.807, 2.05) is 33.2 Å². The molecule has 0 saturated carbocycles. The molecule has 5 heteroatoms. The van der Waals surface area contributed by atoms with Gasteiger partial charge in [-0.1, -0.05) is 35.3 Å². The van der Waals surface area contributed by atoms with Crippen LogP contribution in [0.25, 0.3) is 0 Å². The van der Waals surface area contributed by atoms with Gasteiger partial charge in [-0.2, -0.15) is 5.10 Å². The summed E-state index contributed by atoms with van der Waals surface area (Å²) in [5.41, 5.74) is 3.36. The van der Waals surface area contributed by atoms with E-state index in [4.69, 9.17) is 23.2 Å². The molecule has 0 aliphatic carbocycles. The van der Waals surface area contributed by atoms with Crippen molar-refractivity contribution in [2.45, 2.75) is 19.3 Å². The lowest BCUT2D eigenvalue weighted by Crippen LogP contribution is -2.19. The van der Waals surface area contributed by atoms with E-state index in [9.17, 15) is 0 Å². The molecule has 1 N–H and O–H groups in total. The summed E-state index contributed by atoms with van der Waals surface area (Å²) in [4.78, 5) is 0. The Morgan fingerprint density at radius 2 is 1.90 bits per heavy atom. The maximum absolute atomic E-state index is 6.33. The number of benzene rings is 1. The van der Waals surface area contributed by atoms with Crippen LogP contribution in [0.2, 0.25) is 10.2 Å². The lowest BCUT2D eigenvalue weighted by molar-refractivity contribution is 0.624. The number of hydrogen-bond donors (Lipinski definition) is 1. The number of rotatable bonds is 5. The van der Waals surface area contributed by atoms with Crippen molar-refractivity contribution in [2.24, 2.45) is 7.05 Å². The van der Waals surface area contributed by atoms with Crippen LogP contribution >= 0.6 is 23.2 Å². The highest BCUT2D eigenvalue weighted by molar-refractivity contribution is 6.30. The predicted molar refractivity (Wildman–Crippen MR) is 84.8 cm³/mol. The zero-order valence-electron chi connectivity index (χ0n) is 12.0. The van der Waals surface area contributed by atoms with Gasteiger partial charge < -0.3 is 5.32 Å². The first-order valence-corrected chi connectivity index (χ1v) is 7.36. The third-order valence-corrected chi connectivity index (χ3v) is 4.24. The van der Waals surface area contributed by atoms with E-state index >= 15 is 0 Å². The van der Waals surface area contributed by atoms with Crippen molar-refractivity contribution in [1.82, 2.24) is 15.1 Å². The summed E-state index contributed by atoms with van der Waals surface area (Å²) in [7, 11) is 3.83. The molecule has 0 spiro atoms. The van der Waals surface area contributed by atoms with Crippen molar-refractivity contribution in [1.29, 1.82) is 0 Å². The van der Waals surface area contributed by atoms with Crippen LogP contribution < -0.4 is 5.32 Å². The summed E-state index contributed by atoms with van der Waals surface area (Å²) in [6.07, 6.45) is 0.862. The van der Waals surface area contributed by atoms with E-state index in [2.05, 4.69) is 22.5 Å². The molecule has 0 saturated heterocycles. The summed E-state index contributed by atoms with van der Waals surface area (Å²) in [5, 5.41) is 9.10. The van der Waals surface area contributed by atoms with Crippen LogP contribution in [0.1, 0.15) is 22.7 Å². The molecule has 0 bridgehead atoms. The maximum atomic E-state index is 6.33. The molecule has 2 aromatic rings. The first-order valence-electron chi connectivity index (χ1n) is 6.61. The smallest absolute Gasteiger partial charge is 0.130 e. The third kappa shape index (κ3) is 3.35. The van der Waals surface area contributed by atoms with Crippen LogP contribution in [0.4, 0.5) is 0 Å². The van der Waals surface area contributed by atoms with Gasteiger partial charge in [0.25, 0.3) is 0 Å². The van der Waals surface area contributed by atoms with E-state index in [0.717, 1.165) is 34.4 Å². The number of aromatic nitrogens is 2. The minimum Gasteiger partial charge on any atom is -0.319 e. The molecule has 108 valence electrons. The molecule has 1 aromatic heterocycles. The molecule has 0 fully saturated rings. The van der Waals surface area contributed by atoms with Gasteiger partial charge in [0.05, 0.1) is 5.69 Å². The highest BCUT2D eigenvalue weighted by atomic mass is 35.5. The molecular weight excluding hydrogens is 293 g/mol. The third-order valence-electron chi connectivity index (χ3n) is 3.51. The number of likely N-dealkylation sites (N-methyl/N-ethyl adjacent to an activating group) is 1. The first kappa shape index (κ1) is 15.4. The Kier molecular flexibility index (Phi) is 5.08. The molecule has 20 heavy (non-hydrogen) atoms. The fraction of sp³-hybridized carbons (Fsp3) is 0.400. The highest BCUT2D eigenvalue weighted by Gasteiger charge is 2.18. The van der Waals surface area contributed by atoms with Crippen molar-refractivity contribution >= 4 is 23.2 Å². The van der Waals surface area contributed by atoms with Crippen LogP contribution in [0, 0.1) is 6.92 Å². The summed E-state index contributed by atoms with van der Waals surface area (Å²) >= 11 is 12.3. The van der Waals surface area contributed by atoms with Crippen molar-refractivity contribution in [3.8, 4) is 0 Å². The predicted octanol–water partition coefficient (Wildman–Crippen LogP) is 3.58. The quantitative estimate of drug-likeness (QED) is 0.914. The van der Waals surface area contributed by atoms with E-state index < -0.39 is 0 Å². The van der Waals surface area contributed by atoms with Gasteiger partial charge in [-0.25, -0.2) is 0 Å². The van der Waals surface area contributed by atoms with E-state index in [-0.39, 0.29) is 0 Å². The average Bonchev–Trinajstić information content (AvgIpc) is 2.65. The van der Waals surface area contributed by atoms with Crippen LogP contribution in [-0.2, 0) is 13.5 Å². The minimum atomic E-state index is 0.345. The van der Waals surface area contributed by atoms with Gasteiger partial charge in [0, 0.05) is 30.1 Å². The monoisotopic (exact) mass is 311 g/mol. The molecule has 3 nitrogen and oxygen atoms in total. The minimum absolute atomic E-state index is 0.345. The Morgan fingerprint density at radius 3 is 2.40 bits per heavy atom. The van der Waals surface area contributed by atoms with Crippen molar-refractivity contribution < 1.29 is 0 Å². The van der Waals surface area contributed by atoms with Crippen molar-refractivity contribution in [3.05, 3.63) is 51.3 Å². The van der Waals surface area contributed by atoms with E-state index in [1.165, 1.54) is 5.56 Å². The largest absolute Gasteiger partial charge is 0.319 e. The molecule has 1 unspecified atom stereocenters. The van der Waals surface area contributed by atoms with Gasteiger partial charge in [-0.3, -0.25) is 4.68 Å². The highest BCUT2D eigenvalue weighted by Crippen LogP contribution is 2.27. The zero-order valence-corrected chi connectivity index (χ0v) is 13.5. The molecule has 2 rings (SSSR count). The van der Waals surface area contributed by atoms with Gasteiger partial charge in [0.2, 0.25) is 0 Å². The maximum Gasteiger partial charge on any atom is 0.130 e. The summed E-state index contributed by atoms with van der Waals surface area (Å²) in [6.45, 7) is 2.88. The molecule has 1 heterocycles. The molecule has 0 aliphatic rings. The Morgan fingerprint density at radius 1 is 1.25 bits per heavy atom. The Labute approximate surface area is 129 Å². The fourth-order valence-electron chi connectivity index (χ4n) is 2.44. The summed E-state index contributed by atoms with van der Waals surface area (Å²) in [5.74, 6) is 0.345. The van der Waals surface area contributed by atoms with E-state index in [1.54, 1.807) is 4.68 Å². The first-order chi connectivity index (χ1) is 9.52. The van der Waals surface area contributed by atoms with Gasteiger partial charge in [0.1, 0.15) is 5.15 Å². The van der Waals surface area contributed by atoms with Gasteiger partial charge in [-0.15, -0.1) is 0 Å². The van der Waals surface area contributed by atoms with Gasteiger partial charge >= 0.3 is 0 Å². The molecule has 0 aliphatic heterocycles. The van der Waals surface area contributed by atoms with Gasteiger partial charge in [-0.05, 0) is 38.1 Å². The van der Waals surface area contributed by atoms with Gasteiger partial charge in [0.15, 0.2) is 0 Å². The molecular formula is C15H19Cl2N3. The zero-order chi connectivity index (χ0) is 14.7. The van der Waals surface area contributed by atoms with E-state index in [0.29, 0.717) is 5.92 Å². The number of nitrogens with zero attached hydrogens (tertiary/aromatic N) is 2. The second-order valence-electron chi connectivity index (χ2n) is 4.99. The standard InChI is InChI=1S/C15H19Cl2N3/c1-10-14(15(17)20(3)19-10)8-12(9-18-2)11-4-6-13(16)7-5-11/h4-7,12,18H,8-9H2,1-3H3. The average molecular weight is 312 g/mol. The molecule has 0 amide bonds. The second kappa shape index (κ2) is 6.61. The number of halogens is 2. The topological polar surface area (TPSA) is 29.9 Å². The number of hydrogen-bond acceptors (Lipinski definition) is 2. The lowest BCUT2D eigenvalue weighted by Gasteiger charge is -2.17. The normalized spacial score (nSPS) is 12.7. The fourth-order valence-corrected chi connectivity index (χ4v) is 2.82. The molecule has 1 aromatic carbocycles.